The lowest BCUT2D eigenvalue weighted by Crippen LogP contribution is -2.41. The van der Waals surface area contributed by atoms with Crippen LogP contribution in [-0.4, -0.2) is 31.1 Å². The third kappa shape index (κ3) is 5.26. The van der Waals surface area contributed by atoms with E-state index < -0.39 is 36.3 Å². The molecule has 1 rings (SSSR count). The lowest BCUT2D eigenvalue weighted by atomic mass is 10.1. The minimum absolute atomic E-state index is 0.0878. The molecule has 2 N–H and O–H groups in total. The second-order valence-electron chi connectivity index (χ2n) is 4.08. The Labute approximate surface area is 120 Å². The molecule has 0 aliphatic carbocycles. The second-order valence-corrected chi connectivity index (χ2v) is 4.08. The summed E-state index contributed by atoms with van der Waals surface area (Å²) in [5.74, 6) is -2.91. The number of hydrogen-bond acceptors (Lipinski definition) is 2. The fraction of sp³-hybridized carbons (Fsp3) is 0.333. The van der Waals surface area contributed by atoms with E-state index in [9.17, 15) is 35.9 Å². The first-order chi connectivity index (χ1) is 10.0. The maximum Gasteiger partial charge on any atom is 0.471 e. The summed E-state index contributed by atoms with van der Waals surface area (Å²) in [6, 6.07) is 3.29. The van der Waals surface area contributed by atoms with E-state index in [4.69, 9.17) is 0 Å². The van der Waals surface area contributed by atoms with Gasteiger partial charge in [-0.15, -0.1) is 0 Å². The molecule has 0 bridgehead atoms. The second kappa shape index (κ2) is 6.67. The van der Waals surface area contributed by atoms with Crippen molar-refractivity contribution in [3.8, 4) is 0 Å². The summed E-state index contributed by atoms with van der Waals surface area (Å²) in [7, 11) is 0. The molecular weight excluding hydrogens is 318 g/mol. The Morgan fingerprint density at radius 1 is 0.864 bits per heavy atom. The minimum atomic E-state index is -5.02. The van der Waals surface area contributed by atoms with Crippen LogP contribution in [0.3, 0.4) is 0 Å². The summed E-state index contributed by atoms with van der Waals surface area (Å²) in [6.45, 7) is -0.771. The number of rotatable bonds is 4. The average molecular weight is 328 g/mol. The quantitative estimate of drug-likeness (QED) is 0.657. The Bertz CT molecular complexity index is 536. The first-order valence-electron chi connectivity index (χ1n) is 5.82. The van der Waals surface area contributed by atoms with E-state index in [0.717, 1.165) is 12.1 Å². The summed E-state index contributed by atoms with van der Waals surface area (Å²) >= 11 is 0. The van der Waals surface area contributed by atoms with Crippen LogP contribution < -0.4 is 10.6 Å². The predicted molar refractivity (Wildman–Crippen MR) is 62.8 cm³/mol. The molecule has 0 fully saturated rings. The molecule has 10 heteroatoms. The third-order valence-electron chi connectivity index (χ3n) is 2.43. The van der Waals surface area contributed by atoms with Gasteiger partial charge in [-0.2, -0.15) is 26.3 Å². The SMILES string of the molecule is O=C(NCCNC(=O)C(F)(F)F)c1ccc(C(F)(F)F)cc1. The standard InChI is InChI=1S/C12H10F6N2O2/c13-11(14,15)8-3-1-7(2-4-8)9(21)19-5-6-20-10(22)12(16,17)18/h1-4H,5-6H2,(H,19,21)(H,20,22). The van der Waals surface area contributed by atoms with Gasteiger partial charge in [0.25, 0.3) is 5.91 Å². The Kier molecular flexibility index (Phi) is 5.39. The van der Waals surface area contributed by atoms with E-state index >= 15 is 0 Å². The van der Waals surface area contributed by atoms with Crippen molar-refractivity contribution in [3.05, 3.63) is 35.4 Å². The number of nitrogens with one attached hydrogen (secondary N) is 2. The molecule has 4 nitrogen and oxygen atoms in total. The van der Waals surface area contributed by atoms with Crippen molar-refractivity contribution in [1.82, 2.24) is 10.6 Å². The Morgan fingerprint density at radius 2 is 1.36 bits per heavy atom. The van der Waals surface area contributed by atoms with Crippen LogP contribution in [0.5, 0.6) is 0 Å². The Hall–Kier alpha value is -2.26. The van der Waals surface area contributed by atoms with Crippen molar-refractivity contribution < 1.29 is 35.9 Å². The highest BCUT2D eigenvalue weighted by molar-refractivity contribution is 5.94. The zero-order chi connectivity index (χ0) is 17.0. The number of alkyl halides is 6. The Morgan fingerprint density at radius 3 is 1.82 bits per heavy atom. The van der Waals surface area contributed by atoms with Gasteiger partial charge in [-0.1, -0.05) is 0 Å². The molecule has 0 radical (unpaired) electrons. The highest BCUT2D eigenvalue weighted by atomic mass is 19.4. The molecule has 22 heavy (non-hydrogen) atoms. The largest absolute Gasteiger partial charge is 0.471 e. The Balaban J connectivity index is 2.45. The smallest absolute Gasteiger partial charge is 0.350 e. The van der Waals surface area contributed by atoms with Gasteiger partial charge in [-0.25, -0.2) is 0 Å². The van der Waals surface area contributed by atoms with Crippen LogP contribution >= 0.6 is 0 Å². The molecular formula is C12H10F6N2O2. The molecule has 0 aliphatic rings. The predicted octanol–water partition coefficient (Wildman–Crippen LogP) is 2.11. The van der Waals surface area contributed by atoms with E-state index in [1.165, 1.54) is 5.32 Å². The maximum atomic E-state index is 12.3. The van der Waals surface area contributed by atoms with Crippen LogP contribution in [-0.2, 0) is 11.0 Å². The molecule has 0 saturated heterocycles. The number of benzene rings is 1. The van der Waals surface area contributed by atoms with Crippen molar-refractivity contribution in [2.45, 2.75) is 12.4 Å². The van der Waals surface area contributed by atoms with Crippen LogP contribution in [0.4, 0.5) is 26.3 Å². The van der Waals surface area contributed by atoms with E-state index in [1.54, 1.807) is 0 Å². The molecule has 1 aromatic rings. The summed E-state index contributed by atoms with van der Waals surface area (Å²) in [5.41, 5.74) is -1.02. The zero-order valence-corrected chi connectivity index (χ0v) is 10.8. The van der Waals surface area contributed by atoms with Crippen LogP contribution in [0, 0.1) is 0 Å². The van der Waals surface area contributed by atoms with Crippen LogP contribution in [0.2, 0.25) is 0 Å². The van der Waals surface area contributed by atoms with Gasteiger partial charge in [-0.05, 0) is 24.3 Å². The van der Waals surface area contributed by atoms with E-state index in [1.807, 2.05) is 0 Å². The van der Waals surface area contributed by atoms with Crippen molar-refractivity contribution in [3.63, 3.8) is 0 Å². The van der Waals surface area contributed by atoms with Crippen molar-refractivity contribution in [2.75, 3.05) is 13.1 Å². The average Bonchev–Trinajstić information content (AvgIpc) is 2.41. The summed E-state index contributed by atoms with van der Waals surface area (Å²) in [5, 5.41) is 3.69. The lowest BCUT2D eigenvalue weighted by molar-refractivity contribution is -0.173. The molecule has 0 aromatic heterocycles. The van der Waals surface area contributed by atoms with Gasteiger partial charge in [0.2, 0.25) is 0 Å². The highest BCUT2D eigenvalue weighted by Crippen LogP contribution is 2.29. The molecule has 0 atom stereocenters. The summed E-state index contributed by atoms with van der Waals surface area (Å²) in [4.78, 5) is 22.0. The van der Waals surface area contributed by atoms with Crippen molar-refractivity contribution in [2.24, 2.45) is 0 Å². The molecule has 2 amide bonds. The van der Waals surface area contributed by atoms with Gasteiger partial charge in [0, 0.05) is 18.7 Å². The first kappa shape index (κ1) is 17.8. The summed E-state index contributed by atoms with van der Waals surface area (Å²) in [6.07, 6.45) is -9.55. The van der Waals surface area contributed by atoms with Crippen LogP contribution in [0.25, 0.3) is 0 Å². The van der Waals surface area contributed by atoms with Gasteiger partial charge in [-0.3, -0.25) is 9.59 Å². The molecule has 0 saturated carbocycles. The zero-order valence-electron chi connectivity index (χ0n) is 10.8. The highest BCUT2D eigenvalue weighted by Gasteiger charge is 2.38. The van der Waals surface area contributed by atoms with Crippen molar-refractivity contribution >= 4 is 11.8 Å². The maximum absolute atomic E-state index is 12.3. The molecule has 122 valence electrons. The normalized spacial score (nSPS) is 11.9. The monoisotopic (exact) mass is 328 g/mol. The minimum Gasteiger partial charge on any atom is -0.350 e. The van der Waals surface area contributed by atoms with E-state index in [-0.39, 0.29) is 12.1 Å². The molecule has 0 spiro atoms. The topological polar surface area (TPSA) is 58.2 Å². The van der Waals surface area contributed by atoms with E-state index in [2.05, 4.69) is 5.32 Å². The van der Waals surface area contributed by atoms with Crippen molar-refractivity contribution in [1.29, 1.82) is 0 Å². The fourth-order valence-corrected chi connectivity index (χ4v) is 1.36. The van der Waals surface area contributed by atoms with Crippen LogP contribution in [0.1, 0.15) is 15.9 Å². The number of hydrogen-bond donors (Lipinski definition) is 2. The number of amides is 2. The number of carbonyl (C=O) groups is 2. The molecule has 0 heterocycles. The van der Waals surface area contributed by atoms with Gasteiger partial charge in [0.1, 0.15) is 0 Å². The molecule has 0 aliphatic heterocycles. The third-order valence-corrected chi connectivity index (χ3v) is 2.43. The van der Waals surface area contributed by atoms with Crippen LogP contribution in [0.15, 0.2) is 24.3 Å². The summed E-state index contributed by atoms with van der Waals surface area (Å²) < 4.78 is 72.5. The number of carbonyl (C=O) groups excluding carboxylic acids is 2. The van der Waals surface area contributed by atoms with Gasteiger partial charge in [0.15, 0.2) is 0 Å². The van der Waals surface area contributed by atoms with Gasteiger partial charge >= 0.3 is 18.3 Å². The van der Waals surface area contributed by atoms with Gasteiger partial charge in [0.05, 0.1) is 5.56 Å². The van der Waals surface area contributed by atoms with Gasteiger partial charge < -0.3 is 10.6 Å². The lowest BCUT2D eigenvalue weighted by Gasteiger charge is -2.10. The molecule has 0 unspecified atom stereocenters. The molecule has 1 aromatic carbocycles. The van der Waals surface area contributed by atoms with E-state index in [0.29, 0.717) is 12.1 Å². The fourth-order valence-electron chi connectivity index (χ4n) is 1.36. The first-order valence-corrected chi connectivity index (χ1v) is 5.82. The number of halogens is 6.